The van der Waals surface area contributed by atoms with Gasteiger partial charge in [0, 0.05) is 0 Å². The highest BCUT2D eigenvalue weighted by atomic mass is 32.2. The maximum atomic E-state index is 11.4. The first-order valence-corrected chi connectivity index (χ1v) is 12.0. The van der Waals surface area contributed by atoms with E-state index in [1.165, 1.54) is 0 Å². The maximum absolute atomic E-state index is 11.4. The predicted molar refractivity (Wildman–Crippen MR) is 92.3 cm³/mol. The number of hydrogen-bond acceptors (Lipinski definition) is 6. The third-order valence-electron chi connectivity index (χ3n) is 3.44. The highest BCUT2D eigenvalue weighted by molar-refractivity contribution is 7.86. The molecular formula is C15H32O6S2. The van der Waals surface area contributed by atoms with Crippen molar-refractivity contribution in [3.63, 3.8) is 0 Å². The molecule has 0 aromatic rings. The third-order valence-corrected chi connectivity index (χ3v) is 4.69. The fraction of sp³-hybridized carbons (Fsp3) is 1.00. The lowest BCUT2D eigenvalue weighted by Crippen LogP contribution is -2.23. The van der Waals surface area contributed by atoms with Crippen molar-refractivity contribution in [1.82, 2.24) is 0 Å². The predicted octanol–water partition coefficient (Wildman–Crippen LogP) is 3.23. The maximum Gasteiger partial charge on any atom is 0.264 e. The molecule has 0 aromatic heterocycles. The van der Waals surface area contributed by atoms with Crippen molar-refractivity contribution < 1.29 is 25.2 Å². The number of hydrogen-bond donors (Lipinski definition) is 0. The molecular weight excluding hydrogens is 340 g/mol. The average Bonchev–Trinajstić information content (AvgIpc) is 2.38. The molecule has 2 atom stereocenters. The molecule has 0 unspecified atom stereocenters. The van der Waals surface area contributed by atoms with Crippen LogP contribution in [-0.2, 0) is 28.6 Å². The van der Waals surface area contributed by atoms with Crippen molar-refractivity contribution in [1.29, 1.82) is 0 Å². The van der Waals surface area contributed by atoms with Crippen molar-refractivity contribution in [2.75, 3.05) is 12.5 Å². The van der Waals surface area contributed by atoms with Crippen LogP contribution in [0.3, 0.4) is 0 Å². The smallest absolute Gasteiger partial charge is 0.264 e. The molecule has 0 N–H and O–H groups in total. The lowest BCUT2D eigenvalue weighted by atomic mass is 10.0. The molecule has 0 saturated carbocycles. The minimum atomic E-state index is -3.52. The molecule has 0 aromatic carbocycles. The van der Waals surface area contributed by atoms with E-state index in [-0.39, 0.29) is 0 Å². The summed E-state index contributed by atoms with van der Waals surface area (Å²) < 4.78 is 55.7. The van der Waals surface area contributed by atoms with Crippen LogP contribution in [0.15, 0.2) is 0 Å². The van der Waals surface area contributed by atoms with E-state index < -0.39 is 32.4 Å². The minimum absolute atomic E-state index is 0.413. The van der Waals surface area contributed by atoms with Gasteiger partial charge in [-0.25, -0.2) is 0 Å². The summed E-state index contributed by atoms with van der Waals surface area (Å²) in [5.74, 6) is 0. The summed E-state index contributed by atoms with van der Waals surface area (Å²) in [6.45, 7) is 4.10. The van der Waals surface area contributed by atoms with Crippen molar-refractivity contribution in [2.24, 2.45) is 0 Å². The van der Waals surface area contributed by atoms with Gasteiger partial charge < -0.3 is 0 Å². The third kappa shape index (κ3) is 15.1. The minimum Gasteiger partial charge on any atom is -0.267 e. The van der Waals surface area contributed by atoms with Gasteiger partial charge >= 0.3 is 0 Å². The monoisotopic (exact) mass is 372 g/mol. The summed E-state index contributed by atoms with van der Waals surface area (Å²) >= 11 is 0. The van der Waals surface area contributed by atoms with Gasteiger partial charge in [-0.15, -0.1) is 0 Å². The quantitative estimate of drug-likeness (QED) is 0.344. The molecule has 0 amide bonds. The first-order chi connectivity index (χ1) is 10.6. The van der Waals surface area contributed by atoms with Gasteiger partial charge in [0.25, 0.3) is 20.2 Å². The Hall–Kier alpha value is -0.180. The average molecular weight is 373 g/mol. The molecule has 0 bridgehead atoms. The molecule has 0 aliphatic heterocycles. The van der Waals surface area contributed by atoms with Crippen LogP contribution >= 0.6 is 0 Å². The van der Waals surface area contributed by atoms with E-state index in [2.05, 4.69) is 6.92 Å². The van der Waals surface area contributed by atoms with E-state index in [1.54, 1.807) is 0 Å². The Balaban J connectivity index is 4.65. The first-order valence-electron chi connectivity index (χ1n) is 8.34. The second-order valence-corrected chi connectivity index (χ2v) is 9.26. The van der Waals surface area contributed by atoms with Gasteiger partial charge in [-0.05, 0) is 25.7 Å². The van der Waals surface area contributed by atoms with Crippen LogP contribution in [0.2, 0.25) is 0 Å². The van der Waals surface area contributed by atoms with Crippen LogP contribution in [0.5, 0.6) is 0 Å². The molecule has 0 aliphatic carbocycles. The highest BCUT2D eigenvalue weighted by Crippen LogP contribution is 2.20. The van der Waals surface area contributed by atoms with E-state index in [9.17, 15) is 16.8 Å². The molecule has 6 nitrogen and oxygen atoms in total. The number of rotatable bonds is 14. The molecule has 0 rings (SSSR count). The Labute approximate surface area is 142 Å². The van der Waals surface area contributed by atoms with Gasteiger partial charge in [-0.2, -0.15) is 16.8 Å². The SMILES string of the molecule is CCCCC[C@H](CC[C@@H](CCCC)OS(C)(=O)=O)OS(C)(=O)=O. The molecule has 8 heteroatoms. The zero-order chi connectivity index (χ0) is 17.9. The fourth-order valence-corrected chi connectivity index (χ4v) is 3.77. The lowest BCUT2D eigenvalue weighted by molar-refractivity contribution is 0.137. The Morgan fingerprint density at radius 2 is 1.04 bits per heavy atom. The first kappa shape index (κ1) is 22.8. The van der Waals surface area contributed by atoms with Crippen LogP contribution in [0, 0.1) is 0 Å². The van der Waals surface area contributed by atoms with Crippen molar-refractivity contribution in [2.45, 2.75) is 83.8 Å². The summed E-state index contributed by atoms with van der Waals surface area (Å²) in [5.41, 5.74) is 0. The second kappa shape index (κ2) is 11.4. The topological polar surface area (TPSA) is 86.7 Å². The van der Waals surface area contributed by atoms with E-state index >= 15 is 0 Å². The van der Waals surface area contributed by atoms with Crippen molar-refractivity contribution in [3.05, 3.63) is 0 Å². The van der Waals surface area contributed by atoms with Gasteiger partial charge in [0.15, 0.2) is 0 Å². The molecule has 23 heavy (non-hydrogen) atoms. The summed E-state index contributed by atoms with van der Waals surface area (Å²) in [5, 5.41) is 0. The highest BCUT2D eigenvalue weighted by Gasteiger charge is 2.20. The lowest BCUT2D eigenvalue weighted by Gasteiger charge is -2.20. The Kier molecular flexibility index (Phi) is 11.3. The molecule has 0 spiro atoms. The van der Waals surface area contributed by atoms with Crippen LogP contribution < -0.4 is 0 Å². The van der Waals surface area contributed by atoms with E-state index in [4.69, 9.17) is 8.37 Å². The fourth-order valence-electron chi connectivity index (χ4n) is 2.40. The molecule has 0 radical (unpaired) electrons. The molecule has 0 heterocycles. The van der Waals surface area contributed by atoms with Crippen molar-refractivity contribution >= 4 is 20.2 Å². The molecule has 0 saturated heterocycles. The normalized spacial score (nSPS) is 15.5. The van der Waals surface area contributed by atoms with E-state index in [0.717, 1.165) is 44.6 Å². The Bertz CT molecular complexity index is 498. The van der Waals surface area contributed by atoms with Crippen LogP contribution in [0.4, 0.5) is 0 Å². The van der Waals surface area contributed by atoms with Crippen LogP contribution in [-0.4, -0.2) is 41.6 Å². The standard InChI is InChI=1S/C15H32O6S2/c1-5-7-9-11-15(21-23(4,18)19)13-12-14(10-8-6-2)20-22(3,16)17/h14-15H,5-13H2,1-4H3/t14-,15-/m1/s1. The van der Waals surface area contributed by atoms with Crippen LogP contribution in [0.25, 0.3) is 0 Å². The largest absolute Gasteiger partial charge is 0.267 e. The molecule has 0 aliphatic rings. The van der Waals surface area contributed by atoms with E-state index in [1.807, 2.05) is 6.92 Å². The summed E-state index contributed by atoms with van der Waals surface area (Å²) in [6, 6.07) is 0. The van der Waals surface area contributed by atoms with Crippen molar-refractivity contribution in [3.8, 4) is 0 Å². The van der Waals surface area contributed by atoms with Gasteiger partial charge in [0.2, 0.25) is 0 Å². The molecule has 140 valence electrons. The Morgan fingerprint density at radius 3 is 1.39 bits per heavy atom. The number of unbranched alkanes of at least 4 members (excludes halogenated alkanes) is 3. The van der Waals surface area contributed by atoms with Gasteiger partial charge in [0.1, 0.15) is 0 Å². The second-order valence-electron chi connectivity index (χ2n) is 6.06. The van der Waals surface area contributed by atoms with E-state index in [0.29, 0.717) is 25.7 Å². The zero-order valence-electron chi connectivity index (χ0n) is 14.8. The molecule has 0 fully saturated rings. The van der Waals surface area contributed by atoms with Gasteiger partial charge in [-0.3, -0.25) is 8.37 Å². The van der Waals surface area contributed by atoms with Gasteiger partial charge in [0.05, 0.1) is 24.7 Å². The summed E-state index contributed by atoms with van der Waals surface area (Å²) in [4.78, 5) is 0. The summed E-state index contributed by atoms with van der Waals surface area (Å²) in [6.07, 6.45) is 8.26. The Morgan fingerprint density at radius 1 is 0.652 bits per heavy atom. The van der Waals surface area contributed by atoms with Gasteiger partial charge in [-0.1, -0.05) is 46.0 Å². The van der Waals surface area contributed by atoms with Crippen LogP contribution in [0.1, 0.15) is 71.6 Å². The summed E-state index contributed by atoms with van der Waals surface area (Å²) in [7, 11) is -7.04. The zero-order valence-corrected chi connectivity index (χ0v) is 16.4.